The summed E-state index contributed by atoms with van der Waals surface area (Å²) >= 11 is 0. The summed E-state index contributed by atoms with van der Waals surface area (Å²) in [6, 6.07) is 1.95. The zero-order valence-electron chi connectivity index (χ0n) is 9.94. The minimum Gasteiger partial charge on any atom is -0.356 e. The lowest BCUT2D eigenvalue weighted by molar-refractivity contribution is -0.121. The molecule has 0 bridgehead atoms. The lowest BCUT2D eigenvalue weighted by Crippen LogP contribution is -2.28. The molecule has 90 valence electrons. The minimum absolute atomic E-state index is 0.0638. The molecule has 1 unspecified atom stereocenters. The summed E-state index contributed by atoms with van der Waals surface area (Å²) in [5.41, 5.74) is 6.45. The summed E-state index contributed by atoms with van der Waals surface area (Å²) in [6.45, 7) is 3.15. The predicted octanol–water partition coefficient (Wildman–Crippen LogP) is 0.0637. The third-order valence-corrected chi connectivity index (χ3v) is 2.41. The molecule has 1 heterocycles. The molecule has 1 rings (SSSR count). The molecule has 0 fully saturated rings. The Balaban J connectivity index is 2.18. The molecule has 3 N–H and O–H groups in total. The number of nitrogens with one attached hydrogen (secondary N) is 1. The van der Waals surface area contributed by atoms with Crippen LogP contribution >= 0.6 is 0 Å². The van der Waals surface area contributed by atoms with Crippen LogP contribution in [0.1, 0.15) is 19.0 Å². The van der Waals surface area contributed by atoms with Crippen LogP contribution in [-0.4, -0.2) is 28.8 Å². The van der Waals surface area contributed by atoms with Gasteiger partial charge in [0.05, 0.1) is 5.69 Å². The summed E-state index contributed by atoms with van der Waals surface area (Å²) in [5, 5.41) is 7.09. The van der Waals surface area contributed by atoms with E-state index in [2.05, 4.69) is 10.4 Å². The number of rotatable bonds is 6. The number of amides is 1. The van der Waals surface area contributed by atoms with Crippen molar-refractivity contribution in [2.75, 3.05) is 13.1 Å². The van der Waals surface area contributed by atoms with Gasteiger partial charge in [0.15, 0.2) is 0 Å². The van der Waals surface area contributed by atoms with Crippen molar-refractivity contribution in [3.8, 4) is 0 Å². The fourth-order valence-electron chi connectivity index (χ4n) is 1.40. The molecule has 16 heavy (non-hydrogen) atoms. The normalized spacial score (nSPS) is 12.4. The van der Waals surface area contributed by atoms with Crippen molar-refractivity contribution in [2.24, 2.45) is 18.7 Å². The Labute approximate surface area is 96.0 Å². The smallest absolute Gasteiger partial charge is 0.220 e. The van der Waals surface area contributed by atoms with E-state index in [0.29, 0.717) is 19.5 Å². The number of aryl methyl sites for hydroxylation is 1. The molecule has 5 heteroatoms. The molecule has 1 atom stereocenters. The summed E-state index contributed by atoms with van der Waals surface area (Å²) < 4.78 is 1.76. The van der Waals surface area contributed by atoms with E-state index >= 15 is 0 Å². The molecule has 5 nitrogen and oxygen atoms in total. The summed E-state index contributed by atoms with van der Waals surface area (Å²) in [4.78, 5) is 11.4. The van der Waals surface area contributed by atoms with Gasteiger partial charge in [-0.1, -0.05) is 6.92 Å². The molecule has 1 aromatic heterocycles. The van der Waals surface area contributed by atoms with Crippen molar-refractivity contribution in [2.45, 2.75) is 19.8 Å². The van der Waals surface area contributed by atoms with E-state index < -0.39 is 0 Å². The van der Waals surface area contributed by atoms with Gasteiger partial charge in [-0.3, -0.25) is 9.48 Å². The highest BCUT2D eigenvalue weighted by atomic mass is 16.1. The molecule has 0 aromatic carbocycles. The van der Waals surface area contributed by atoms with Gasteiger partial charge in [0.25, 0.3) is 0 Å². The Hall–Kier alpha value is -1.36. The number of hydrogen-bond acceptors (Lipinski definition) is 3. The number of carbonyl (C=O) groups is 1. The van der Waals surface area contributed by atoms with Gasteiger partial charge in [0.1, 0.15) is 0 Å². The van der Waals surface area contributed by atoms with Crippen LogP contribution in [0, 0.1) is 5.92 Å². The van der Waals surface area contributed by atoms with Crippen LogP contribution in [0.15, 0.2) is 12.3 Å². The number of nitrogens with zero attached hydrogens (tertiary/aromatic N) is 2. The maximum atomic E-state index is 11.4. The Morgan fingerprint density at radius 3 is 3.00 bits per heavy atom. The van der Waals surface area contributed by atoms with Crippen molar-refractivity contribution < 1.29 is 4.79 Å². The second-order valence-corrected chi connectivity index (χ2v) is 4.13. The van der Waals surface area contributed by atoms with E-state index in [9.17, 15) is 4.79 Å². The number of aromatic nitrogens is 2. The molecule has 0 radical (unpaired) electrons. The molecule has 0 aliphatic heterocycles. The predicted molar refractivity (Wildman–Crippen MR) is 62.8 cm³/mol. The molecule has 0 spiro atoms. The number of nitrogens with two attached hydrogens (primary N) is 1. The van der Waals surface area contributed by atoms with Crippen LogP contribution < -0.4 is 11.1 Å². The molecule has 0 aliphatic carbocycles. The lowest BCUT2D eigenvalue weighted by atomic mass is 10.1. The molecule has 0 saturated carbocycles. The van der Waals surface area contributed by atoms with Gasteiger partial charge in [0.2, 0.25) is 5.91 Å². The number of carbonyl (C=O) groups excluding carboxylic acids is 1. The quantitative estimate of drug-likeness (QED) is 0.718. The SMILES string of the molecule is CC(CN)CC(=O)NCCc1ccn(C)n1. The fourth-order valence-corrected chi connectivity index (χ4v) is 1.40. The maximum absolute atomic E-state index is 11.4. The van der Waals surface area contributed by atoms with E-state index in [1.165, 1.54) is 0 Å². The molecule has 1 amide bonds. The van der Waals surface area contributed by atoms with E-state index in [-0.39, 0.29) is 11.8 Å². The van der Waals surface area contributed by atoms with E-state index in [1.807, 2.05) is 26.2 Å². The highest BCUT2D eigenvalue weighted by Crippen LogP contribution is 1.98. The van der Waals surface area contributed by atoms with Crippen LogP contribution in [0.2, 0.25) is 0 Å². The monoisotopic (exact) mass is 224 g/mol. The second-order valence-electron chi connectivity index (χ2n) is 4.13. The van der Waals surface area contributed by atoms with Crippen molar-refractivity contribution >= 4 is 5.91 Å². The second kappa shape index (κ2) is 6.27. The Morgan fingerprint density at radius 2 is 2.44 bits per heavy atom. The van der Waals surface area contributed by atoms with Gasteiger partial charge < -0.3 is 11.1 Å². The van der Waals surface area contributed by atoms with Gasteiger partial charge in [-0.15, -0.1) is 0 Å². The van der Waals surface area contributed by atoms with Crippen LogP contribution in [0.4, 0.5) is 0 Å². The largest absolute Gasteiger partial charge is 0.356 e. The standard InChI is InChI=1S/C11H20N4O/c1-9(8-12)7-11(16)13-5-3-10-4-6-15(2)14-10/h4,6,9H,3,5,7-8,12H2,1-2H3,(H,13,16). The highest BCUT2D eigenvalue weighted by Gasteiger charge is 2.06. The first-order chi connectivity index (χ1) is 7.61. The van der Waals surface area contributed by atoms with Crippen molar-refractivity contribution in [1.82, 2.24) is 15.1 Å². The summed E-state index contributed by atoms with van der Waals surface area (Å²) in [7, 11) is 1.88. The Bertz CT molecular complexity index is 334. The summed E-state index contributed by atoms with van der Waals surface area (Å²) in [5.74, 6) is 0.309. The van der Waals surface area contributed by atoms with Gasteiger partial charge in [-0.05, 0) is 18.5 Å². The van der Waals surface area contributed by atoms with Crippen molar-refractivity contribution in [3.63, 3.8) is 0 Å². The topological polar surface area (TPSA) is 72.9 Å². The van der Waals surface area contributed by atoms with Crippen molar-refractivity contribution in [1.29, 1.82) is 0 Å². The van der Waals surface area contributed by atoms with Crippen LogP contribution in [0.3, 0.4) is 0 Å². The molecular formula is C11H20N4O. The maximum Gasteiger partial charge on any atom is 0.220 e. The highest BCUT2D eigenvalue weighted by molar-refractivity contribution is 5.76. The molecule has 1 aromatic rings. The zero-order chi connectivity index (χ0) is 12.0. The van der Waals surface area contributed by atoms with Gasteiger partial charge in [-0.2, -0.15) is 5.10 Å². The zero-order valence-corrected chi connectivity index (χ0v) is 9.94. The third-order valence-electron chi connectivity index (χ3n) is 2.41. The van der Waals surface area contributed by atoms with Gasteiger partial charge in [-0.25, -0.2) is 0 Å². The fraction of sp³-hybridized carbons (Fsp3) is 0.636. The van der Waals surface area contributed by atoms with Crippen LogP contribution in [0.25, 0.3) is 0 Å². The van der Waals surface area contributed by atoms with E-state index in [1.54, 1.807) is 4.68 Å². The average molecular weight is 224 g/mol. The Kier molecular flexibility index (Phi) is 4.98. The molecular weight excluding hydrogens is 204 g/mol. The number of hydrogen-bond donors (Lipinski definition) is 2. The first-order valence-corrected chi connectivity index (χ1v) is 5.57. The minimum atomic E-state index is 0.0638. The average Bonchev–Trinajstić information content (AvgIpc) is 2.64. The summed E-state index contributed by atoms with van der Waals surface area (Å²) in [6.07, 6.45) is 3.16. The van der Waals surface area contributed by atoms with E-state index in [4.69, 9.17) is 5.73 Å². The first kappa shape index (κ1) is 12.7. The molecule has 0 aliphatic rings. The third kappa shape index (κ3) is 4.44. The van der Waals surface area contributed by atoms with Crippen molar-refractivity contribution in [3.05, 3.63) is 18.0 Å². The Morgan fingerprint density at radius 1 is 1.69 bits per heavy atom. The van der Waals surface area contributed by atoms with Gasteiger partial charge in [0, 0.05) is 32.6 Å². The lowest BCUT2D eigenvalue weighted by Gasteiger charge is -2.08. The van der Waals surface area contributed by atoms with Crippen LogP contribution in [0.5, 0.6) is 0 Å². The van der Waals surface area contributed by atoms with Gasteiger partial charge >= 0.3 is 0 Å². The van der Waals surface area contributed by atoms with E-state index in [0.717, 1.165) is 12.1 Å². The first-order valence-electron chi connectivity index (χ1n) is 5.57. The van der Waals surface area contributed by atoms with Crippen LogP contribution in [-0.2, 0) is 18.3 Å². The molecule has 0 saturated heterocycles.